The molecule has 1 aromatic heterocycles. The summed E-state index contributed by atoms with van der Waals surface area (Å²) in [6.45, 7) is 16.0. The summed E-state index contributed by atoms with van der Waals surface area (Å²) in [6, 6.07) is 2.66. The Bertz CT molecular complexity index is 805. The Hall–Kier alpha value is -2.11. The molecule has 1 amide bonds. The van der Waals surface area contributed by atoms with E-state index >= 15 is 0 Å². The lowest BCUT2D eigenvalue weighted by atomic mass is 9.89. The second-order valence-corrected chi connectivity index (χ2v) is 9.08. The standard InChI is InChI=1S/C25H37N3O2/c1-6-10-18(7-2)16-26-20-11-9-12-21(14-20)28(8-3)24(29)22-13-19-17-30-25(4,5)15-23(19)27-22/h6-7,10,13,20-21,26-27H,1-2,8-9,11-12,14-17H2,3-5H3/b18-10+. The maximum absolute atomic E-state index is 13.4. The molecule has 30 heavy (non-hydrogen) atoms. The Labute approximate surface area is 181 Å². The van der Waals surface area contributed by atoms with Crippen molar-refractivity contribution in [2.24, 2.45) is 0 Å². The topological polar surface area (TPSA) is 57.4 Å². The van der Waals surface area contributed by atoms with Gasteiger partial charge in [0, 0.05) is 37.3 Å². The number of carbonyl (C=O) groups is 1. The van der Waals surface area contributed by atoms with Crippen LogP contribution in [0.25, 0.3) is 0 Å². The van der Waals surface area contributed by atoms with Gasteiger partial charge in [-0.2, -0.15) is 0 Å². The summed E-state index contributed by atoms with van der Waals surface area (Å²) >= 11 is 0. The molecule has 3 rings (SSSR count). The molecular weight excluding hydrogens is 374 g/mol. The van der Waals surface area contributed by atoms with E-state index < -0.39 is 0 Å². The zero-order valence-electron chi connectivity index (χ0n) is 18.8. The smallest absolute Gasteiger partial charge is 0.270 e. The van der Waals surface area contributed by atoms with Crippen molar-refractivity contribution in [3.8, 4) is 0 Å². The summed E-state index contributed by atoms with van der Waals surface area (Å²) in [4.78, 5) is 18.8. The summed E-state index contributed by atoms with van der Waals surface area (Å²) in [6.07, 6.45) is 10.8. The van der Waals surface area contributed by atoms with Gasteiger partial charge in [-0.1, -0.05) is 31.4 Å². The van der Waals surface area contributed by atoms with E-state index in [-0.39, 0.29) is 17.6 Å². The van der Waals surface area contributed by atoms with Crippen molar-refractivity contribution in [1.29, 1.82) is 0 Å². The van der Waals surface area contributed by atoms with Crippen LogP contribution in [0, 0.1) is 0 Å². The number of aromatic amines is 1. The van der Waals surface area contributed by atoms with Gasteiger partial charge in [-0.05, 0) is 63.7 Å². The molecule has 0 aromatic carbocycles. The van der Waals surface area contributed by atoms with Crippen molar-refractivity contribution in [2.75, 3.05) is 13.1 Å². The number of hydrogen-bond donors (Lipinski definition) is 2. The highest BCUT2D eigenvalue weighted by Gasteiger charge is 2.32. The molecule has 5 nitrogen and oxygen atoms in total. The summed E-state index contributed by atoms with van der Waals surface area (Å²) < 4.78 is 5.90. The molecule has 0 bridgehead atoms. The van der Waals surface area contributed by atoms with Crippen LogP contribution in [-0.4, -0.2) is 46.6 Å². The molecule has 2 unspecified atom stereocenters. The summed E-state index contributed by atoms with van der Waals surface area (Å²) in [7, 11) is 0. The Balaban J connectivity index is 1.66. The number of fused-ring (bicyclic) bond motifs is 1. The largest absolute Gasteiger partial charge is 0.370 e. The van der Waals surface area contributed by atoms with E-state index in [1.807, 2.05) is 23.1 Å². The van der Waals surface area contributed by atoms with Gasteiger partial charge in [-0.15, -0.1) is 0 Å². The van der Waals surface area contributed by atoms with Crippen LogP contribution in [-0.2, 0) is 17.8 Å². The number of aromatic nitrogens is 1. The van der Waals surface area contributed by atoms with Crippen LogP contribution in [0.1, 0.15) is 68.2 Å². The van der Waals surface area contributed by atoms with Gasteiger partial charge in [0.1, 0.15) is 5.69 Å². The fraction of sp³-hybridized carbons (Fsp3) is 0.560. The SMILES string of the molecule is C=C/C=C(\C=C)CNC1CCCC(N(CC)C(=O)c2cc3c([nH]2)CC(C)(C)OC3)C1. The zero-order chi connectivity index (χ0) is 21.7. The van der Waals surface area contributed by atoms with Crippen molar-refractivity contribution in [1.82, 2.24) is 15.2 Å². The molecule has 164 valence electrons. The first kappa shape index (κ1) is 22.6. The maximum atomic E-state index is 13.4. The second kappa shape index (κ2) is 9.80. The first-order valence-corrected chi connectivity index (χ1v) is 11.2. The number of carbonyl (C=O) groups excluding carboxylic acids is 1. The molecule has 0 radical (unpaired) electrons. The van der Waals surface area contributed by atoms with Crippen LogP contribution >= 0.6 is 0 Å². The lowest BCUT2D eigenvalue weighted by Crippen LogP contribution is -2.47. The molecule has 1 aromatic rings. The number of amides is 1. The number of rotatable bonds is 8. The van der Waals surface area contributed by atoms with E-state index in [2.05, 4.69) is 44.2 Å². The number of nitrogens with zero attached hydrogens (tertiary/aromatic N) is 1. The van der Waals surface area contributed by atoms with Gasteiger partial charge in [0.2, 0.25) is 0 Å². The van der Waals surface area contributed by atoms with Crippen LogP contribution < -0.4 is 5.32 Å². The van der Waals surface area contributed by atoms with E-state index in [0.29, 0.717) is 18.3 Å². The highest BCUT2D eigenvalue weighted by atomic mass is 16.5. The lowest BCUT2D eigenvalue weighted by Gasteiger charge is -2.37. The van der Waals surface area contributed by atoms with Gasteiger partial charge in [-0.25, -0.2) is 0 Å². The monoisotopic (exact) mass is 411 g/mol. The van der Waals surface area contributed by atoms with Crippen LogP contribution in [0.4, 0.5) is 0 Å². The molecule has 1 saturated carbocycles. The molecule has 2 heterocycles. The normalized spacial score (nSPS) is 23.5. The predicted octanol–water partition coefficient (Wildman–Crippen LogP) is 4.53. The van der Waals surface area contributed by atoms with Crippen molar-refractivity contribution < 1.29 is 9.53 Å². The Morgan fingerprint density at radius 3 is 2.90 bits per heavy atom. The van der Waals surface area contributed by atoms with E-state index in [9.17, 15) is 4.79 Å². The van der Waals surface area contributed by atoms with Gasteiger partial charge in [0.05, 0.1) is 12.2 Å². The summed E-state index contributed by atoms with van der Waals surface area (Å²) in [5.41, 5.74) is 3.90. The third-order valence-electron chi connectivity index (χ3n) is 6.32. The minimum atomic E-state index is -0.185. The highest BCUT2D eigenvalue weighted by molar-refractivity contribution is 5.93. The fourth-order valence-corrected chi connectivity index (χ4v) is 4.66. The van der Waals surface area contributed by atoms with E-state index in [1.165, 1.54) is 0 Å². The average molecular weight is 412 g/mol. The van der Waals surface area contributed by atoms with Gasteiger partial charge in [0.15, 0.2) is 0 Å². The quantitative estimate of drug-likeness (QED) is 0.618. The van der Waals surface area contributed by atoms with Gasteiger partial charge < -0.3 is 19.9 Å². The van der Waals surface area contributed by atoms with Crippen molar-refractivity contribution in [2.45, 2.75) is 77.2 Å². The van der Waals surface area contributed by atoms with Gasteiger partial charge in [0.25, 0.3) is 5.91 Å². The number of ether oxygens (including phenoxy) is 1. The minimum absolute atomic E-state index is 0.105. The molecule has 0 saturated heterocycles. The highest BCUT2D eigenvalue weighted by Crippen LogP contribution is 2.29. The molecule has 1 fully saturated rings. The van der Waals surface area contributed by atoms with Crippen LogP contribution in [0.3, 0.4) is 0 Å². The zero-order valence-corrected chi connectivity index (χ0v) is 18.8. The molecule has 0 spiro atoms. The Morgan fingerprint density at radius 2 is 2.20 bits per heavy atom. The summed E-state index contributed by atoms with van der Waals surface area (Å²) in [5, 5.41) is 3.64. The molecule has 5 heteroatoms. The molecule has 1 aliphatic heterocycles. The molecular formula is C25H37N3O2. The third-order valence-corrected chi connectivity index (χ3v) is 6.32. The minimum Gasteiger partial charge on any atom is -0.370 e. The number of allylic oxidation sites excluding steroid dienone is 2. The molecule has 2 atom stereocenters. The van der Waals surface area contributed by atoms with Gasteiger partial charge in [-0.3, -0.25) is 4.79 Å². The number of nitrogens with one attached hydrogen (secondary N) is 2. The van der Waals surface area contributed by atoms with Crippen molar-refractivity contribution >= 4 is 5.91 Å². The maximum Gasteiger partial charge on any atom is 0.270 e. The third kappa shape index (κ3) is 5.32. The Kier molecular flexibility index (Phi) is 7.37. The summed E-state index contributed by atoms with van der Waals surface area (Å²) in [5.74, 6) is 0.105. The van der Waals surface area contributed by atoms with Crippen LogP contribution in [0.15, 0.2) is 43.0 Å². The van der Waals surface area contributed by atoms with E-state index in [0.717, 1.165) is 62.0 Å². The van der Waals surface area contributed by atoms with Crippen molar-refractivity contribution in [3.63, 3.8) is 0 Å². The van der Waals surface area contributed by atoms with Crippen LogP contribution in [0.2, 0.25) is 0 Å². The molecule has 1 aliphatic carbocycles. The van der Waals surface area contributed by atoms with Gasteiger partial charge >= 0.3 is 0 Å². The number of hydrogen-bond acceptors (Lipinski definition) is 3. The number of H-pyrrole nitrogens is 1. The van der Waals surface area contributed by atoms with E-state index in [4.69, 9.17) is 4.74 Å². The van der Waals surface area contributed by atoms with E-state index in [1.54, 1.807) is 6.08 Å². The van der Waals surface area contributed by atoms with Crippen LogP contribution in [0.5, 0.6) is 0 Å². The van der Waals surface area contributed by atoms with Crippen molar-refractivity contribution in [3.05, 3.63) is 60.0 Å². The fourth-order valence-electron chi connectivity index (χ4n) is 4.66. The first-order valence-electron chi connectivity index (χ1n) is 11.2. The average Bonchev–Trinajstić information content (AvgIpc) is 3.14. The first-order chi connectivity index (χ1) is 14.4. The lowest BCUT2D eigenvalue weighted by molar-refractivity contribution is -0.0406. The second-order valence-electron chi connectivity index (χ2n) is 9.08. The predicted molar refractivity (Wildman–Crippen MR) is 123 cm³/mol. The Morgan fingerprint density at radius 1 is 1.40 bits per heavy atom. The molecule has 2 N–H and O–H groups in total. The molecule has 2 aliphatic rings.